The summed E-state index contributed by atoms with van der Waals surface area (Å²) < 4.78 is 0. The summed E-state index contributed by atoms with van der Waals surface area (Å²) >= 11 is 0. The van der Waals surface area contributed by atoms with Gasteiger partial charge >= 0.3 is 0 Å². The molecular weight excluding hydrogens is 316 g/mol. The number of aliphatic imine (C=N–C) groups is 2. The van der Waals surface area contributed by atoms with Gasteiger partial charge in [-0.3, -0.25) is 0 Å². The molecule has 0 aliphatic heterocycles. The molecule has 4 nitrogen and oxygen atoms in total. The number of rotatable bonds is 7. The van der Waals surface area contributed by atoms with Crippen LogP contribution in [-0.4, -0.2) is 12.2 Å². The third-order valence-corrected chi connectivity index (χ3v) is 5.15. The molecule has 110 valence electrons. The van der Waals surface area contributed by atoms with Crippen molar-refractivity contribution in [3.63, 3.8) is 0 Å². The highest BCUT2D eigenvalue weighted by Gasteiger charge is 1.99. The van der Waals surface area contributed by atoms with Crippen molar-refractivity contribution in [2.75, 3.05) is 0 Å². The standard InChI is InChI=1S/C16H12N2O2S2/c19-11-17-9-13-1-5-15(6-2-13)21-22-16-7-3-14(4-8-16)10-18-12-20/h1-8H,9-10H2. The Hall–Kier alpha value is -2.10. The molecule has 0 atom stereocenters. The van der Waals surface area contributed by atoms with Crippen molar-refractivity contribution < 1.29 is 9.59 Å². The zero-order valence-electron chi connectivity index (χ0n) is 11.6. The fraction of sp³-hybridized carbons (Fsp3) is 0.125. The molecule has 6 heteroatoms. The monoisotopic (exact) mass is 328 g/mol. The Morgan fingerprint density at radius 1 is 0.682 bits per heavy atom. The molecule has 0 heterocycles. The zero-order valence-corrected chi connectivity index (χ0v) is 13.2. The van der Waals surface area contributed by atoms with Gasteiger partial charge in [0.25, 0.3) is 0 Å². The number of hydrogen-bond acceptors (Lipinski definition) is 6. The van der Waals surface area contributed by atoms with E-state index in [4.69, 9.17) is 0 Å². The van der Waals surface area contributed by atoms with E-state index in [-0.39, 0.29) is 0 Å². The first kappa shape index (κ1) is 16.3. The Labute approximate surface area is 136 Å². The zero-order chi connectivity index (χ0) is 15.6. The number of hydrogen-bond donors (Lipinski definition) is 0. The van der Waals surface area contributed by atoms with Gasteiger partial charge < -0.3 is 0 Å². The van der Waals surface area contributed by atoms with Gasteiger partial charge in [0.1, 0.15) is 0 Å². The minimum atomic E-state index is 0.367. The summed E-state index contributed by atoms with van der Waals surface area (Å²) in [6.45, 7) is 0.735. The third-order valence-electron chi connectivity index (χ3n) is 2.73. The first-order valence-electron chi connectivity index (χ1n) is 6.41. The second-order valence-corrected chi connectivity index (χ2v) is 6.55. The Morgan fingerprint density at radius 2 is 1.05 bits per heavy atom. The van der Waals surface area contributed by atoms with Crippen molar-refractivity contribution in [3.8, 4) is 0 Å². The Morgan fingerprint density at radius 3 is 1.36 bits per heavy atom. The number of isocyanates is 2. The van der Waals surface area contributed by atoms with Gasteiger partial charge in [0.2, 0.25) is 12.2 Å². The smallest absolute Gasteiger partial charge is 0.211 e. The van der Waals surface area contributed by atoms with Crippen LogP contribution >= 0.6 is 21.6 Å². The van der Waals surface area contributed by atoms with E-state index in [2.05, 4.69) is 9.98 Å². The van der Waals surface area contributed by atoms with E-state index in [1.807, 2.05) is 48.5 Å². The van der Waals surface area contributed by atoms with Crippen LogP contribution in [0, 0.1) is 0 Å². The molecule has 0 N–H and O–H groups in total. The first-order chi connectivity index (χ1) is 10.8. The van der Waals surface area contributed by atoms with E-state index in [1.165, 1.54) is 12.2 Å². The van der Waals surface area contributed by atoms with Crippen molar-refractivity contribution in [1.29, 1.82) is 0 Å². The highest BCUT2D eigenvalue weighted by molar-refractivity contribution is 8.76. The number of benzene rings is 2. The van der Waals surface area contributed by atoms with Gasteiger partial charge in [-0.1, -0.05) is 45.9 Å². The molecule has 0 saturated heterocycles. The van der Waals surface area contributed by atoms with Gasteiger partial charge in [0, 0.05) is 9.79 Å². The first-order valence-corrected chi connectivity index (χ1v) is 8.56. The van der Waals surface area contributed by atoms with Crippen LogP contribution in [0.4, 0.5) is 0 Å². The van der Waals surface area contributed by atoms with Gasteiger partial charge in [0.05, 0.1) is 13.1 Å². The number of carbonyl (C=O) groups excluding carboxylic acids is 2. The van der Waals surface area contributed by atoms with Gasteiger partial charge in [0.15, 0.2) is 0 Å². The minimum absolute atomic E-state index is 0.367. The predicted molar refractivity (Wildman–Crippen MR) is 88.2 cm³/mol. The largest absolute Gasteiger partial charge is 0.235 e. The molecule has 2 rings (SSSR count). The van der Waals surface area contributed by atoms with Gasteiger partial charge in [-0.25, -0.2) is 19.6 Å². The number of nitrogens with zero attached hydrogens (tertiary/aromatic N) is 2. The van der Waals surface area contributed by atoms with Crippen LogP contribution in [0.3, 0.4) is 0 Å². The summed E-state index contributed by atoms with van der Waals surface area (Å²) in [5.74, 6) is 0. The fourth-order valence-corrected chi connectivity index (χ4v) is 3.58. The second kappa shape index (κ2) is 9.03. The molecule has 2 aromatic carbocycles. The topological polar surface area (TPSA) is 58.9 Å². The van der Waals surface area contributed by atoms with Crippen LogP contribution in [0.15, 0.2) is 68.3 Å². The summed E-state index contributed by atoms with van der Waals surface area (Å²) in [5.41, 5.74) is 1.97. The summed E-state index contributed by atoms with van der Waals surface area (Å²) in [4.78, 5) is 29.5. The lowest BCUT2D eigenvalue weighted by molar-refractivity contribution is 0.562. The molecule has 22 heavy (non-hydrogen) atoms. The highest BCUT2D eigenvalue weighted by atomic mass is 33.1. The van der Waals surface area contributed by atoms with Crippen molar-refractivity contribution in [3.05, 3.63) is 59.7 Å². The maximum absolute atomic E-state index is 10.1. The third kappa shape index (κ3) is 5.35. The van der Waals surface area contributed by atoms with Crippen molar-refractivity contribution >= 4 is 33.7 Å². The molecule has 0 aliphatic carbocycles. The quantitative estimate of drug-likeness (QED) is 0.435. The van der Waals surface area contributed by atoms with E-state index in [1.54, 1.807) is 21.6 Å². The SMILES string of the molecule is O=C=NCc1ccc(SSc2ccc(CN=C=O)cc2)cc1. The van der Waals surface area contributed by atoms with Gasteiger partial charge in [-0.05, 0) is 35.4 Å². The average molecular weight is 328 g/mol. The Kier molecular flexibility index (Phi) is 6.68. The molecule has 0 aromatic heterocycles. The molecular formula is C16H12N2O2S2. The lowest BCUT2D eigenvalue weighted by Gasteiger charge is -2.03. The van der Waals surface area contributed by atoms with E-state index in [0.29, 0.717) is 13.1 Å². The Balaban J connectivity index is 1.89. The maximum Gasteiger partial charge on any atom is 0.235 e. The van der Waals surface area contributed by atoms with Crippen molar-refractivity contribution in [2.24, 2.45) is 9.98 Å². The molecule has 0 spiro atoms. The van der Waals surface area contributed by atoms with E-state index in [0.717, 1.165) is 20.9 Å². The van der Waals surface area contributed by atoms with E-state index in [9.17, 15) is 9.59 Å². The minimum Gasteiger partial charge on any atom is -0.211 e. The predicted octanol–water partition coefficient (Wildman–Crippen LogP) is 4.16. The normalized spacial score (nSPS) is 9.64. The molecule has 0 unspecified atom stereocenters. The lowest BCUT2D eigenvalue weighted by Crippen LogP contribution is -1.81. The van der Waals surface area contributed by atoms with Gasteiger partial charge in [-0.15, -0.1) is 0 Å². The molecule has 0 radical (unpaired) electrons. The molecule has 0 aliphatic rings. The summed E-state index contributed by atoms with van der Waals surface area (Å²) in [7, 11) is 3.31. The highest BCUT2D eigenvalue weighted by Crippen LogP contribution is 2.37. The summed E-state index contributed by atoms with van der Waals surface area (Å²) in [6.07, 6.45) is 3.06. The van der Waals surface area contributed by atoms with Crippen LogP contribution in [0.1, 0.15) is 11.1 Å². The molecule has 0 saturated carbocycles. The molecule has 0 fully saturated rings. The second-order valence-electron chi connectivity index (χ2n) is 4.27. The van der Waals surface area contributed by atoms with Crippen LogP contribution in [-0.2, 0) is 22.7 Å². The summed E-state index contributed by atoms with van der Waals surface area (Å²) in [6, 6.07) is 15.8. The van der Waals surface area contributed by atoms with Crippen LogP contribution in [0.25, 0.3) is 0 Å². The average Bonchev–Trinajstić information content (AvgIpc) is 2.58. The van der Waals surface area contributed by atoms with E-state index >= 15 is 0 Å². The van der Waals surface area contributed by atoms with Crippen LogP contribution in [0.2, 0.25) is 0 Å². The fourth-order valence-electron chi connectivity index (χ4n) is 1.64. The summed E-state index contributed by atoms with van der Waals surface area (Å²) in [5, 5.41) is 0. The van der Waals surface area contributed by atoms with Crippen molar-refractivity contribution in [1.82, 2.24) is 0 Å². The molecule has 2 aromatic rings. The van der Waals surface area contributed by atoms with E-state index < -0.39 is 0 Å². The molecule has 0 bridgehead atoms. The van der Waals surface area contributed by atoms with Crippen molar-refractivity contribution in [2.45, 2.75) is 22.9 Å². The Bertz CT molecular complexity index is 638. The lowest BCUT2D eigenvalue weighted by atomic mass is 10.2. The van der Waals surface area contributed by atoms with Crippen LogP contribution < -0.4 is 0 Å². The molecule has 0 amide bonds. The van der Waals surface area contributed by atoms with Gasteiger partial charge in [-0.2, -0.15) is 0 Å². The maximum atomic E-state index is 10.1. The van der Waals surface area contributed by atoms with Crippen LogP contribution in [0.5, 0.6) is 0 Å².